The number of likely N-dealkylation sites (tertiary alicyclic amines) is 1. The van der Waals surface area contributed by atoms with Crippen molar-refractivity contribution in [2.45, 2.75) is 32.0 Å². The van der Waals surface area contributed by atoms with E-state index in [1.807, 2.05) is 17.9 Å². The van der Waals surface area contributed by atoms with Crippen molar-refractivity contribution in [2.75, 3.05) is 33.3 Å². The van der Waals surface area contributed by atoms with Gasteiger partial charge in [-0.2, -0.15) is 5.10 Å². The van der Waals surface area contributed by atoms with Crippen molar-refractivity contribution in [1.82, 2.24) is 19.6 Å². The van der Waals surface area contributed by atoms with E-state index < -0.39 is 0 Å². The van der Waals surface area contributed by atoms with Crippen LogP contribution in [0.3, 0.4) is 0 Å². The van der Waals surface area contributed by atoms with E-state index in [1.54, 1.807) is 4.90 Å². The number of carbonyl (C=O) groups is 1. The summed E-state index contributed by atoms with van der Waals surface area (Å²) >= 11 is 0. The fourth-order valence-electron chi connectivity index (χ4n) is 3.12. The standard InChI is InChI=1S/C14H22N4O2/c1-3-18-8-12(6-15-18)7-17-5-4-14(11-17)10-16(2)13(19)9-20-14/h6,8H,3-5,7,9-11H2,1-2H3/t14-/m0/s1. The van der Waals surface area contributed by atoms with Gasteiger partial charge in [-0.05, 0) is 13.3 Å². The predicted molar refractivity (Wildman–Crippen MR) is 74.1 cm³/mol. The Balaban J connectivity index is 1.60. The summed E-state index contributed by atoms with van der Waals surface area (Å²) in [4.78, 5) is 15.7. The van der Waals surface area contributed by atoms with Crippen LogP contribution < -0.4 is 0 Å². The number of rotatable bonds is 3. The molecular formula is C14H22N4O2. The fraction of sp³-hybridized carbons (Fsp3) is 0.714. The topological polar surface area (TPSA) is 50.6 Å². The average Bonchev–Trinajstić information content (AvgIpc) is 3.03. The first-order chi connectivity index (χ1) is 9.60. The molecule has 0 N–H and O–H groups in total. The first-order valence-electron chi connectivity index (χ1n) is 7.22. The lowest BCUT2D eigenvalue weighted by Crippen LogP contribution is -2.54. The van der Waals surface area contributed by atoms with Gasteiger partial charge in [0.15, 0.2) is 0 Å². The van der Waals surface area contributed by atoms with Crippen LogP contribution in [0.1, 0.15) is 18.9 Å². The largest absolute Gasteiger partial charge is 0.362 e. The summed E-state index contributed by atoms with van der Waals surface area (Å²) in [5.74, 6) is 0.0818. The molecule has 6 heteroatoms. The molecule has 3 heterocycles. The minimum Gasteiger partial charge on any atom is -0.362 e. The number of amides is 1. The van der Waals surface area contributed by atoms with Crippen molar-refractivity contribution >= 4 is 5.91 Å². The van der Waals surface area contributed by atoms with Gasteiger partial charge in [-0.1, -0.05) is 0 Å². The van der Waals surface area contributed by atoms with Gasteiger partial charge in [-0.25, -0.2) is 0 Å². The van der Waals surface area contributed by atoms with Gasteiger partial charge in [0.1, 0.15) is 12.2 Å². The Morgan fingerprint density at radius 2 is 2.30 bits per heavy atom. The molecule has 2 saturated heterocycles. The number of ether oxygens (including phenoxy) is 1. The molecule has 0 aromatic carbocycles. The number of aromatic nitrogens is 2. The Bertz CT molecular complexity index is 501. The summed E-state index contributed by atoms with van der Waals surface area (Å²) in [5.41, 5.74) is 1.08. The zero-order chi connectivity index (χ0) is 14.2. The lowest BCUT2D eigenvalue weighted by atomic mass is 10.0. The van der Waals surface area contributed by atoms with Gasteiger partial charge in [0.25, 0.3) is 0 Å². The molecule has 0 radical (unpaired) electrons. The molecule has 110 valence electrons. The molecule has 1 aromatic rings. The van der Waals surface area contributed by atoms with E-state index in [1.165, 1.54) is 5.56 Å². The van der Waals surface area contributed by atoms with Gasteiger partial charge < -0.3 is 9.64 Å². The fourth-order valence-corrected chi connectivity index (χ4v) is 3.12. The Morgan fingerprint density at radius 3 is 3.00 bits per heavy atom. The predicted octanol–water partition coefficient (Wildman–Crippen LogP) is 0.336. The van der Waals surface area contributed by atoms with Crippen LogP contribution in [-0.4, -0.2) is 64.4 Å². The van der Waals surface area contributed by atoms with Crippen LogP contribution in [0.4, 0.5) is 0 Å². The van der Waals surface area contributed by atoms with E-state index in [9.17, 15) is 4.79 Å². The third kappa shape index (κ3) is 2.58. The number of hydrogen-bond acceptors (Lipinski definition) is 4. The van der Waals surface area contributed by atoms with Crippen LogP contribution in [-0.2, 0) is 22.6 Å². The van der Waals surface area contributed by atoms with Crippen LogP contribution in [0.15, 0.2) is 12.4 Å². The van der Waals surface area contributed by atoms with Crippen LogP contribution >= 0.6 is 0 Å². The summed E-state index contributed by atoms with van der Waals surface area (Å²) in [7, 11) is 1.86. The summed E-state index contributed by atoms with van der Waals surface area (Å²) in [6, 6.07) is 0. The summed E-state index contributed by atoms with van der Waals surface area (Å²) < 4.78 is 7.80. The van der Waals surface area contributed by atoms with Crippen LogP contribution in [0.2, 0.25) is 0 Å². The second kappa shape index (κ2) is 5.18. The van der Waals surface area contributed by atoms with E-state index in [0.29, 0.717) is 6.54 Å². The van der Waals surface area contributed by atoms with Crippen molar-refractivity contribution < 1.29 is 9.53 Å². The first kappa shape index (κ1) is 13.6. The van der Waals surface area contributed by atoms with Gasteiger partial charge in [0.05, 0.1) is 12.7 Å². The van der Waals surface area contributed by atoms with Gasteiger partial charge in [0.2, 0.25) is 5.91 Å². The van der Waals surface area contributed by atoms with Gasteiger partial charge in [0, 0.05) is 45.0 Å². The van der Waals surface area contributed by atoms with Crippen molar-refractivity contribution in [3.05, 3.63) is 18.0 Å². The highest BCUT2D eigenvalue weighted by atomic mass is 16.5. The third-order valence-corrected chi connectivity index (χ3v) is 4.27. The molecule has 2 fully saturated rings. The smallest absolute Gasteiger partial charge is 0.248 e. The molecule has 1 spiro atoms. The van der Waals surface area contributed by atoms with Gasteiger partial charge in [-0.15, -0.1) is 0 Å². The van der Waals surface area contributed by atoms with E-state index in [4.69, 9.17) is 4.74 Å². The molecule has 0 aliphatic carbocycles. The molecular weight excluding hydrogens is 256 g/mol. The van der Waals surface area contributed by atoms with Gasteiger partial charge in [-0.3, -0.25) is 14.4 Å². The maximum Gasteiger partial charge on any atom is 0.248 e. The summed E-state index contributed by atoms with van der Waals surface area (Å²) in [5, 5.41) is 4.31. The quantitative estimate of drug-likeness (QED) is 0.800. The monoisotopic (exact) mass is 278 g/mol. The highest BCUT2D eigenvalue weighted by Gasteiger charge is 2.43. The molecule has 6 nitrogen and oxygen atoms in total. The third-order valence-electron chi connectivity index (χ3n) is 4.27. The average molecular weight is 278 g/mol. The Kier molecular flexibility index (Phi) is 3.52. The number of nitrogens with zero attached hydrogens (tertiary/aromatic N) is 4. The number of hydrogen-bond donors (Lipinski definition) is 0. The maximum absolute atomic E-state index is 11.5. The van der Waals surface area contributed by atoms with Crippen LogP contribution in [0.5, 0.6) is 0 Å². The number of aryl methyl sites for hydroxylation is 1. The number of morpholine rings is 1. The molecule has 1 atom stereocenters. The van der Waals surface area contributed by atoms with Crippen LogP contribution in [0, 0.1) is 0 Å². The van der Waals surface area contributed by atoms with Crippen molar-refractivity contribution in [1.29, 1.82) is 0 Å². The van der Waals surface area contributed by atoms with E-state index >= 15 is 0 Å². The zero-order valence-corrected chi connectivity index (χ0v) is 12.2. The minimum absolute atomic E-state index is 0.0818. The number of carbonyl (C=O) groups excluding carboxylic acids is 1. The molecule has 0 unspecified atom stereocenters. The van der Waals surface area contributed by atoms with E-state index in [0.717, 1.165) is 32.6 Å². The lowest BCUT2D eigenvalue weighted by molar-refractivity contribution is -0.159. The Hall–Kier alpha value is -1.40. The molecule has 1 amide bonds. The zero-order valence-electron chi connectivity index (χ0n) is 12.2. The van der Waals surface area contributed by atoms with E-state index in [-0.39, 0.29) is 18.1 Å². The van der Waals surface area contributed by atoms with Crippen LogP contribution in [0.25, 0.3) is 0 Å². The van der Waals surface area contributed by atoms with Crippen molar-refractivity contribution in [3.63, 3.8) is 0 Å². The molecule has 2 aliphatic rings. The van der Waals surface area contributed by atoms with Crippen molar-refractivity contribution in [3.8, 4) is 0 Å². The molecule has 3 rings (SSSR count). The van der Waals surface area contributed by atoms with E-state index in [2.05, 4.69) is 23.1 Å². The minimum atomic E-state index is -0.163. The summed E-state index contributed by atoms with van der Waals surface area (Å²) in [6.45, 7) is 6.73. The highest BCUT2D eigenvalue weighted by molar-refractivity contribution is 5.78. The second-order valence-corrected chi connectivity index (χ2v) is 5.89. The normalized spacial score (nSPS) is 27.7. The lowest BCUT2D eigenvalue weighted by Gasteiger charge is -2.38. The highest BCUT2D eigenvalue weighted by Crippen LogP contribution is 2.29. The molecule has 20 heavy (non-hydrogen) atoms. The Labute approximate surface area is 119 Å². The van der Waals surface area contributed by atoms with Crippen molar-refractivity contribution in [2.24, 2.45) is 0 Å². The molecule has 0 saturated carbocycles. The SMILES string of the molecule is CCn1cc(CN2CC[C@@]3(C2)CN(C)C(=O)CO3)cn1. The molecule has 2 aliphatic heterocycles. The molecule has 1 aromatic heterocycles. The Morgan fingerprint density at radius 1 is 1.45 bits per heavy atom. The van der Waals surface area contributed by atoms with Gasteiger partial charge >= 0.3 is 0 Å². The number of likely N-dealkylation sites (N-methyl/N-ethyl adjacent to an activating group) is 1. The second-order valence-electron chi connectivity index (χ2n) is 5.89. The summed E-state index contributed by atoms with van der Waals surface area (Å²) in [6.07, 6.45) is 5.03. The maximum atomic E-state index is 11.5. The molecule has 0 bridgehead atoms. The first-order valence-corrected chi connectivity index (χ1v) is 7.22.